The Morgan fingerprint density at radius 2 is 1.96 bits per heavy atom. The summed E-state index contributed by atoms with van der Waals surface area (Å²) in [6.07, 6.45) is 1.83. The molecule has 8 heteroatoms. The number of rotatable bonds is 1. The van der Waals surface area contributed by atoms with Crippen LogP contribution < -0.4 is 5.32 Å². The minimum absolute atomic E-state index is 0.0665. The lowest BCUT2D eigenvalue weighted by molar-refractivity contribution is 0.517. The van der Waals surface area contributed by atoms with Crippen LogP contribution in [0.1, 0.15) is 25.5 Å². The standard InChI is InChI=1S/C20H16F2IN5/c1-9-26-27-19-20(2,3)25-14-7-12(21)15(16(22)18(14)28(9)19)11-6-4-5-10-13(23)8-24-17(10)11/h4-8,24-25H,1-3H3. The van der Waals surface area contributed by atoms with Crippen LogP contribution in [0.3, 0.4) is 0 Å². The Balaban J connectivity index is 1.86. The molecule has 0 amide bonds. The normalized spacial score (nSPS) is 14.6. The highest BCUT2D eigenvalue weighted by Gasteiger charge is 2.37. The molecule has 5 nitrogen and oxygen atoms in total. The Kier molecular flexibility index (Phi) is 3.62. The number of H-pyrrole nitrogens is 1. The second kappa shape index (κ2) is 5.76. The van der Waals surface area contributed by atoms with Crippen LogP contribution in [0.5, 0.6) is 0 Å². The fraction of sp³-hybridized carbons (Fsp3) is 0.200. The Bertz CT molecular complexity index is 1270. The Hall–Kier alpha value is -2.49. The van der Waals surface area contributed by atoms with E-state index in [1.54, 1.807) is 17.6 Å². The molecule has 2 N–H and O–H groups in total. The van der Waals surface area contributed by atoms with Crippen molar-refractivity contribution < 1.29 is 8.78 Å². The van der Waals surface area contributed by atoms with Gasteiger partial charge < -0.3 is 10.3 Å². The number of benzene rings is 2. The zero-order valence-electron chi connectivity index (χ0n) is 15.4. The third-order valence-electron chi connectivity index (χ3n) is 5.18. The molecule has 4 aromatic rings. The van der Waals surface area contributed by atoms with Gasteiger partial charge in [0.2, 0.25) is 0 Å². The lowest BCUT2D eigenvalue weighted by atomic mass is 9.96. The van der Waals surface area contributed by atoms with E-state index in [0.717, 1.165) is 8.96 Å². The molecule has 1 aliphatic rings. The second-order valence-electron chi connectivity index (χ2n) is 7.46. The average Bonchev–Trinajstić information content (AvgIpc) is 3.19. The van der Waals surface area contributed by atoms with E-state index in [1.165, 1.54) is 6.07 Å². The average molecular weight is 491 g/mol. The molecule has 0 unspecified atom stereocenters. The van der Waals surface area contributed by atoms with Gasteiger partial charge in [0.15, 0.2) is 11.6 Å². The fourth-order valence-corrected chi connectivity index (χ4v) is 4.53. The first-order valence-electron chi connectivity index (χ1n) is 8.78. The van der Waals surface area contributed by atoms with Gasteiger partial charge in [0.25, 0.3) is 0 Å². The highest BCUT2D eigenvalue weighted by molar-refractivity contribution is 14.1. The molecule has 0 saturated heterocycles. The highest BCUT2D eigenvalue weighted by atomic mass is 127. The number of halogens is 3. The van der Waals surface area contributed by atoms with E-state index in [9.17, 15) is 0 Å². The minimum atomic E-state index is -0.640. The molecule has 0 spiro atoms. The summed E-state index contributed by atoms with van der Waals surface area (Å²) in [4.78, 5) is 3.14. The number of aryl methyl sites for hydroxylation is 1. The van der Waals surface area contributed by atoms with Gasteiger partial charge in [-0.05, 0) is 43.4 Å². The van der Waals surface area contributed by atoms with Crippen LogP contribution in [-0.4, -0.2) is 19.7 Å². The zero-order chi connectivity index (χ0) is 19.8. The molecule has 0 radical (unpaired) electrons. The summed E-state index contributed by atoms with van der Waals surface area (Å²) in [5, 5.41) is 12.4. The number of nitrogens with zero attached hydrogens (tertiary/aromatic N) is 3. The Labute approximate surface area is 173 Å². The van der Waals surface area contributed by atoms with Gasteiger partial charge in [-0.2, -0.15) is 0 Å². The largest absolute Gasteiger partial charge is 0.371 e. The van der Waals surface area contributed by atoms with Crippen LogP contribution in [0.4, 0.5) is 14.5 Å². The molecule has 0 fully saturated rings. The van der Waals surface area contributed by atoms with Crippen molar-refractivity contribution in [2.24, 2.45) is 0 Å². The Morgan fingerprint density at radius 3 is 2.75 bits per heavy atom. The lowest BCUT2D eigenvalue weighted by Crippen LogP contribution is -2.36. The molecular formula is C20H16F2IN5. The van der Waals surface area contributed by atoms with Crippen LogP contribution in [0.15, 0.2) is 30.5 Å². The van der Waals surface area contributed by atoms with Crippen LogP contribution in [-0.2, 0) is 5.54 Å². The van der Waals surface area contributed by atoms with E-state index in [0.29, 0.717) is 28.4 Å². The number of fused-ring (bicyclic) bond motifs is 4. The predicted octanol–water partition coefficient (Wildman–Crippen LogP) is 5.27. The van der Waals surface area contributed by atoms with Crippen LogP contribution in [0.2, 0.25) is 0 Å². The number of anilines is 1. The van der Waals surface area contributed by atoms with Crippen LogP contribution in [0, 0.1) is 22.1 Å². The van der Waals surface area contributed by atoms with Gasteiger partial charge in [-0.15, -0.1) is 10.2 Å². The van der Waals surface area contributed by atoms with Crippen molar-refractivity contribution >= 4 is 39.2 Å². The first-order chi connectivity index (χ1) is 13.3. The van der Waals surface area contributed by atoms with E-state index in [1.807, 2.05) is 32.2 Å². The molecule has 0 bridgehead atoms. The van der Waals surface area contributed by atoms with Crippen LogP contribution in [0.25, 0.3) is 27.7 Å². The predicted molar refractivity (Wildman–Crippen MR) is 113 cm³/mol. The van der Waals surface area contributed by atoms with Gasteiger partial charge in [0.05, 0.1) is 22.3 Å². The summed E-state index contributed by atoms with van der Waals surface area (Å²) >= 11 is 2.20. The fourth-order valence-electron chi connectivity index (χ4n) is 3.93. The highest BCUT2D eigenvalue weighted by Crippen LogP contribution is 2.43. The maximum absolute atomic E-state index is 15.9. The van der Waals surface area contributed by atoms with E-state index in [-0.39, 0.29) is 11.3 Å². The van der Waals surface area contributed by atoms with E-state index >= 15 is 8.78 Å². The SMILES string of the molecule is Cc1nnc2n1-c1c(cc(F)c(-c3cccc4c(I)c[nH]c34)c1F)NC2(C)C. The van der Waals surface area contributed by atoms with E-state index in [4.69, 9.17) is 0 Å². The number of aromatic amines is 1. The van der Waals surface area contributed by atoms with Crippen molar-refractivity contribution in [2.75, 3.05) is 5.32 Å². The number of nitrogens with one attached hydrogen (secondary N) is 2. The smallest absolute Gasteiger partial charge is 0.162 e. The molecule has 0 aliphatic carbocycles. The van der Waals surface area contributed by atoms with E-state index < -0.39 is 17.2 Å². The first-order valence-corrected chi connectivity index (χ1v) is 9.86. The number of para-hydroxylation sites is 1. The molecule has 28 heavy (non-hydrogen) atoms. The van der Waals surface area contributed by atoms with Gasteiger partial charge >= 0.3 is 0 Å². The second-order valence-corrected chi connectivity index (χ2v) is 8.63. The molecule has 2 aromatic heterocycles. The molecule has 1 aliphatic heterocycles. The first kappa shape index (κ1) is 17.6. The maximum Gasteiger partial charge on any atom is 0.162 e. The Morgan fingerprint density at radius 1 is 1.18 bits per heavy atom. The van der Waals surface area contributed by atoms with Crippen molar-refractivity contribution in [1.29, 1.82) is 0 Å². The van der Waals surface area contributed by atoms with Gasteiger partial charge in [0.1, 0.15) is 17.3 Å². The summed E-state index contributed by atoms with van der Waals surface area (Å²) in [7, 11) is 0. The summed E-state index contributed by atoms with van der Waals surface area (Å²) in [6, 6.07) is 6.81. The van der Waals surface area contributed by atoms with Gasteiger partial charge in [-0.1, -0.05) is 18.2 Å². The number of hydrogen-bond acceptors (Lipinski definition) is 3. The summed E-state index contributed by atoms with van der Waals surface area (Å²) in [5.74, 6) is -0.124. The molecule has 5 rings (SSSR count). The van der Waals surface area contributed by atoms with Crippen molar-refractivity contribution in [3.8, 4) is 16.8 Å². The van der Waals surface area contributed by atoms with Crippen molar-refractivity contribution in [3.63, 3.8) is 0 Å². The topological polar surface area (TPSA) is 58.5 Å². The third kappa shape index (κ3) is 2.27. The quantitative estimate of drug-likeness (QED) is 0.357. The molecule has 142 valence electrons. The molecular weight excluding hydrogens is 475 g/mol. The monoisotopic (exact) mass is 491 g/mol. The molecule has 0 atom stereocenters. The molecule has 2 aromatic carbocycles. The number of aromatic nitrogens is 4. The molecule has 0 saturated carbocycles. The summed E-state index contributed by atoms with van der Waals surface area (Å²) < 4.78 is 33.7. The van der Waals surface area contributed by atoms with Gasteiger partial charge in [-0.25, -0.2) is 8.78 Å². The summed E-state index contributed by atoms with van der Waals surface area (Å²) in [5.41, 5.74) is 1.14. The lowest BCUT2D eigenvalue weighted by Gasteiger charge is -2.34. The maximum atomic E-state index is 15.9. The van der Waals surface area contributed by atoms with Crippen molar-refractivity contribution in [2.45, 2.75) is 26.3 Å². The van der Waals surface area contributed by atoms with Gasteiger partial charge in [-0.3, -0.25) is 4.57 Å². The van der Waals surface area contributed by atoms with E-state index in [2.05, 4.69) is 43.1 Å². The third-order valence-corrected chi connectivity index (χ3v) is 6.07. The van der Waals surface area contributed by atoms with Crippen molar-refractivity contribution in [1.82, 2.24) is 19.7 Å². The number of hydrogen-bond donors (Lipinski definition) is 2. The van der Waals surface area contributed by atoms with Crippen LogP contribution >= 0.6 is 22.6 Å². The van der Waals surface area contributed by atoms with Gasteiger partial charge in [0, 0.05) is 26.8 Å². The molecule has 3 heterocycles. The zero-order valence-corrected chi connectivity index (χ0v) is 17.5. The minimum Gasteiger partial charge on any atom is -0.371 e. The summed E-state index contributed by atoms with van der Waals surface area (Å²) in [6.45, 7) is 5.57. The van der Waals surface area contributed by atoms with Crippen molar-refractivity contribution in [3.05, 3.63) is 57.3 Å².